The van der Waals surface area contributed by atoms with Crippen molar-refractivity contribution in [3.8, 4) is 11.5 Å². The fourth-order valence-electron chi connectivity index (χ4n) is 5.04. The molecular weight excluding hydrogens is 374 g/mol. The molecule has 0 spiro atoms. The zero-order chi connectivity index (χ0) is 20.1. The molecule has 1 aliphatic heterocycles. The van der Waals surface area contributed by atoms with Crippen molar-refractivity contribution in [2.45, 2.75) is 54.8 Å². The molecule has 2 N–H and O–H groups in total. The van der Waals surface area contributed by atoms with Gasteiger partial charge >= 0.3 is 0 Å². The summed E-state index contributed by atoms with van der Waals surface area (Å²) in [7, 11) is -2.13. The van der Waals surface area contributed by atoms with E-state index in [4.69, 9.17) is 4.74 Å². The van der Waals surface area contributed by atoms with E-state index in [1.165, 1.54) is 13.2 Å². The standard InChI is InChI=1S/C22H27NO4S/c1-4-9-16-21-22(16,5-2)23-20(14-10-7-6-8-11-14)15-12-17(24)18(27-3)13-19(15)28(21,25)26/h6-8,10-13,16,20-21,23-24H,4-5,9H2,1-3H3/t16?,20-,21?,22-/m1/s1. The van der Waals surface area contributed by atoms with Crippen LogP contribution in [0.5, 0.6) is 11.5 Å². The monoisotopic (exact) mass is 401 g/mol. The van der Waals surface area contributed by atoms with E-state index in [1.807, 2.05) is 30.3 Å². The van der Waals surface area contributed by atoms with Crippen molar-refractivity contribution in [1.29, 1.82) is 0 Å². The Morgan fingerprint density at radius 1 is 1.18 bits per heavy atom. The van der Waals surface area contributed by atoms with Crippen molar-refractivity contribution < 1.29 is 18.3 Å². The third-order valence-electron chi connectivity index (χ3n) is 6.42. The van der Waals surface area contributed by atoms with E-state index in [1.54, 1.807) is 6.07 Å². The van der Waals surface area contributed by atoms with Crippen LogP contribution >= 0.6 is 0 Å². The SMILES string of the molecule is CCCC1C2[C@]1(CC)N[C@H](c1ccccc1)c1cc(O)c(OC)cc1S2(=O)=O. The summed E-state index contributed by atoms with van der Waals surface area (Å²) >= 11 is 0. The molecule has 4 atom stereocenters. The van der Waals surface area contributed by atoms with Gasteiger partial charge in [0.25, 0.3) is 0 Å². The first-order valence-electron chi connectivity index (χ1n) is 9.88. The van der Waals surface area contributed by atoms with Crippen LogP contribution in [0.2, 0.25) is 0 Å². The van der Waals surface area contributed by atoms with Crippen LogP contribution in [0.3, 0.4) is 0 Å². The maximum atomic E-state index is 13.7. The summed E-state index contributed by atoms with van der Waals surface area (Å²) in [6.45, 7) is 4.15. The highest BCUT2D eigenvalue weighted by Gasteiger charge is 2.70. The van der Waals surface area contributed by atoms with Crippen LogP contribution in [0, 0.1) is 5.92 Å². The molecule has 0 amide bonds. The lowest BCUT2D eigenvalue weighted by atomic mass is 9.95. The molecule has 5 nitrogen and oxygen atoms in total. The molecule has 1 saturated carbocycles. The molecular formula is C22H27NO4S. The Morgan fingerprint density at radius 3 is 2.50 bits per heavy atom. The summed E-state index contributed by atoms with van der Waals surface area (Å²) in [5.41, 5.74) is 1.12. The molecule has 2 aromatic carbocycles. The second-order valence-electron chi connectivity index (χ2n) is 7.80. The van der Waals surface area contributed by atoms with Crippen LogP contribution in [0.1, 0.15) is 50.3 Å². The van der Waals surface area contributed by atoms with Crippen molar-refractivity contribution in [1.82, 2.24) is 5.32 Å². The van der Waals surface area contributed by atoms with E-state index < -0.39 is 20.6 Å². The fourth-order valence-corrected chi connectivity index (χ4v) is 7.79. The van der Waals surface area contributed by atoms with Gasteiger partial charge in [0, 0.05) is 11.6 Å². The second-order valence-corrected chi connectivity index (χ2v) is 9.84. The molecule has 1 aliphatic carbocycles. The first kappa shape index (κ1) is 19.3. The smallest absolute Gasteiger partial charge is 0.183 e. The van der Waals surface area contributed by atoms with Crippen molar-refractivity contribution >= 4 is 9.84 Å². The number of sulfone groups is 1. The van der Waals surface area contributed by atoms with Crippen molar-refractivity contribution in [3.63, 3.8) is 0 Å². The predicted octanol–water partition coefficient (Wildman–Crippen LogP) is 3.81. The van der Waals surface area contributed by atoms with Crippen LogP contribution in [0.25, 0.3) is 0 Å². The van der Waals surface area contributed by atoms with Crippen LogP contribution in [-0.2, 0) is 9.84 Å². The van der Waals surface area contributed by atoms with Crippen LogP contribution in [0.4, 0.5) is 0 Å². The number of ether oxygens (including phenoxy) is 1. The van der Waals surface area contributed by atoms with E-state index in [-0.39, 0.29) is 28.4 Å². The van der Waals surface area contributed by atoms with Crippen LogP contribution < -0.4 is 10.1 Å². The van der Waals surface area contributed by atoms with E-state index >= 15 is 0 Å². The van der Waals surface area contributed by atoms with Gasteiger partial charge in [-0.05, 0) is 36.0 Å². The van der Waals surface area contributed by atoms with Crippen molar-refractivity contribution in [2.75, 3.05) is 7.11 Å². The molecule has 2 aromatic rings. The van der Waals surface area contributed by atoms with Gasteiger partial charge in [-0.3, -0.25) is 5.32 Å². The second kappa shape index (κ2) is 6.78. The third kappa shape index (κ3) is 2.65. The minimum atomic E-state index is -3.57. The van der Waals surface area contributed by atoms with E-state index in [0.717, 1.165) is 24.8 Å². The van der Waals surface area contributed by atoms with Gasteiger partial charge in [-0.2, -0.15) is 0 Å². The third-order valence-corrected chi connectivity index (χ3v) is 8.80. The number of fused-ring (bicyclic) bond motifs is 2. The van der Waals surface area contributed by atoms with E-state index in [2.05, 4.69) is 19.2 Å². The van der Waals surface area contributed by atoms with Crippen LogP contribution in [-0.4, -0.2) is 31.4 Å². The maximum Gasteiger partial charge on any atom is 0.183 e. The van der Waals surface area contributed by atoms with Gasteiger partial charge in [0.2, 0.25) is 0 Å². The normalized spacial score (nSPS) is 30.0. The molecule has 6 heteroatoms. The van der Waals surface area contributed by atoms with Crippen molar-refractivity contribution in [2.24, 2.45) is 5.92 Å². The minimum Gasteiger partial charge on any atom is -0.504 e. The average Bonchev–Trinajstić information content (AvgIpc) is 3.35. The average molecular weight is 402 g/mol. The van der Waals surface area contributed by atoms with Gasteiger partial charge in [0.05, 0.1) is 23.3 Å². The number of phenolic OH excluding ortho intramolecular Hbond substituents is 1. The Bertz CT molecular complexity index is 989. The van der Waals surface area contributed by atoms with Gasteiger partial charge in [-0.15, -0.1) is 0 Å². The molecule has 28 heavy (non-hydrogen) atoms. The minimum absolute atomic E-state index is 0.0505. The van der Waals surface area contributed by atoms with Gasteiger partial charge in [0.15, 0.2) is 21.3 Å². The Morgan fingerprint density at radius 2 is 1.89 bits per heavy atom. The van der Waals surface area contributed by atoms with Gasteiger partial charge in [-0.1, -0.05) is 50.6 Å². The molecule has 0 bridgehead atoms. The van der Waals surface area contributed by atoms with E-state index in [0.29, 0.717) is 5.56 Å². The molecule has 0 aromatic heterocycles. The lowest BCUT2D eigenvalue weighted by Crippen LogP contribution is -2.38. The summed E-state index contributed by atoms with van der Waals surface area (Å²) in [5, 5.41) is 13.6. The quantitative estimate of drug-likeness (QED) is 0.797. The molecule has 4 rings (SSSR count). The van der Waals surface area contributed by atoms with Crippen LogP contribution in [0.15, 0.2) is 47.4 Å². The zero-order valence-corrected chi connectivity index (χ0v) is 17.3. The summed E-state index contributed by atoms with van der Waals surface area (Å²) in [5.74, 6) is 0.225. The number of benzene rings is 2. The highest BCUT2D eigenvalue weighted by Crippen LogP contribution is 2.59. The first-order chi connectivity index (χ1) is 13.4. The molecule has 0 radical (unpaired) electrons. The number of nitrogens with one attached hydrogen (secondary N) is 1. The molecule has 2 aliphatic rings. The first-order valence-corrected chi connectivity index (χ1v) is 11.4. The maximum absolute atomic E-state index is 13.7. The molecule has 2 unspecified atom stereocenters. The summed E-state index contributed by atoms with van der Waals surface area (Å²) in [6.07, 6.45) is 2.56. The Kier molecular flexibility index (Phi) is 4.67. The number of methoxy groups -OCH3 is 1. The Hall–Kier alpha value is -2.05. The number of hydrogen-bond acceptors (Lipinski definition) is 5. The van der Waals surface area contributed by atoms with Gasteiger partial charge < -0.3 is 9.84 Å². The summed E-state index contributed by atoms with van der Waals surface area (Å²) in [6, 6.07) is 12.6. The zero-order valence-electron chi connectivity index (χ0n) is 16.5. The fraction of sp³-hybridized carbons (Fsp3) is 0.455. The predicted molar refractivity (Wildman–Crippen MR) is 108 cm³/mol. The lowest BCUT2D eigenvalue weighted by Gasteiger charge is -2.27. The molecule has 1 heterocycles. The van der Waals surface area contributed by atoms with Gasteiger partial charge in [-0.25, -0.2) is 8.42 Å². The topological polar surface area (TPSA) is 75.6 Å². The Labute approximate surface area is 166 Å². The number of aromatic hydroxyl groups is 1. The molecule has 1 fully saturated rings. The Balaban J connectivity index is 1.97. The number of rotatable bonds is 5. The van der Waals surface area contributed by atoms with Gasteiger partial charge in [0.1, 0.15) is 0 Å². The number of hydrogen-bond donors (Lipinski definition) is 2. The largest absolute Gasteiger partial charge is 0.504 e. The summed E-state index contributed by atoms with van der Waals surface area (Å²) in [4.78, 5) is 0.266. The molecule has 0 saturated heterocycles. The number of phenols is 1. The van der Waals surface area contributed by atoms with Crippen molar-refractivity contribution in [3.05, 3.63) is 53.6 Å². The highest BCUT2D eigenvalue weighted by atomic mass is 32.2. The summed E-state index contributed by atoms with van der Waals surface area (Å²) < 4.78 is 32.6. The molecule has 150 valence electrons. The van der Waals surface area contributed by atoms with E-state index in [9.17, 15) is 13.5 Å². The highest BCUT2D eigenvalue weighted by molar-refractivity contribution is 7.92. The lowest BCUT2D eigenvalue weighted by molar-refractivity contribution is 0.368.